The zero-order valence-corrected chi connectivity index (χ0v) is 12.6. The van der Waals surface area contributed by atoms with Crippen molar-refractivity contribution in [3.05, 3.63) is 23.9 Å². The molecule has 1 saturated heterocycles. The quantitative estimate of drug-likeness (QED) is 0.899. The van der Waals surface area contributed by atoms with Crippen LogP contribution in [-0.4, -0.2) is 40.8 Å². The molecule has 1 N–H and O–H groups in total. The summed E-state index contributed by atoms with van der Waals surface area (Å²) in [6.07, 6.45) is 5.58. The minimum absolute atomic E-state index is 0.237. The molecular weight excluding hydrogens is 252 g/mol. The number of aromatic nitrogens is 1. The fraction of sp³-hybridized carbons (Fsp3) is 0.688. The van der Waals surface area contributed by atoms with Gasteiger partial charge >= 0.3 is 0 Å². The fourth-order valence-corrected chi connectivity index (χ4v) is 2.97. The van der Waals surface area contributed by atoms with Gasteiger partial charge in [0.25, 0.3) is 0 Å². The van der Waals surface area contributed by atoms with E-state index in [0.717, 1.165) is 25.2 Å². The molecule has 2 atom stereocenters. The highest BCUT2D eigenvalue weighted by Gasteiger charge is 2.22. The van der Waals surface area contributed by atoms with Crippen molar-refractivity contribution < 1.29 is 9.84 Å². The summed E-state index contributed by atoms with van der Waals surface area (Å²) in [7, 11) is 1.65. The Morgan fingerprint density at radius 2 is 2.25 bits per heavy atom. The molecule has 2 unspecified atom stereocenters. The predicted molar refractivity (Wildman–Crippen MR) is 79.8 cm³/mol. The topological polar surface area (TPSA) is 45.6 Å². The van der Waals surface area contributed by atoms with Gasteiger partial charge in [0.1, 0.15) is 0 Å². The Morgan fingerprint density at radius 3 is 3.00 bits per heavy atom. The molecule has 1 aliphatic heterocycles. The zero-order chi connectivity index (χ0) is 14.4. The maximum Gasteiger partial charge on any atom is 0.213 e. The molecule has 112 valence electrons. The maximum atomic E-state index is 9.70. The number of rotatable bonds is 5. The molecule has 0 amide bonds. The van der Waals surface area contributed by atoms with E-state index in [1.807, 2.05) is 25.1 Å². The third-order valence-electron chi connectivity index (χ3n) is 3.97. The number of ether oxygens (including phenoxy) is 1. The van der Waals surface area contributed by atoms with Crippen molar-refractivity contribution in [1.82, 2.24) is 9.88 Å². The molecule has 4 nitrogen and oxygen atoms in total. The lowest BCUT2D eigenvalue weighted by molar-refractivity contribution is 0.107. The van der Waals surface area contributed by atoms with E-state index in [-0.39, 0.29) is 6.10 Å². The molecule has 0 saturated carbocycles. The number of methoxy groups -OCH3 is 1. The van der Waals surface area contributed by atoms with Gasteiger partial charge < -0.3 is 9.84 Å². The summed E-state index contributed by atoms with van der Waals surface area (Å²) in [6.45, 7) is 3.82. The molecule has 1 aromatic heterocycles. The second-order valence-corrected chi connectivity index (χ2v) is 5.73. The molecule has 4 heteroatoms. The number of aliphatic hydroxyl groups excluding tert-OH is 1. The highest BCUT2D eigenvalue weighted by atomic mass is 16.5. The van der Waals surface area contributed by atoms with Crippen molar-refractivity contribution >= 4 is 0 Å². The van der Waals surface area contributed by atoms with Gasteiger partial charge in [-0.05, 0) is 38.8 Å². The highest BCUT2D eigenvalue weighted by Crippen LogP contribution is 2.22. The lowest BCUT2D eigenvalue weighted by atomic mass is 10.0. The van der Waals surface area contributed by atoms with Gasteiger partial charge in [-0.1, -0.05) is 18.9 Å². The summed E-state index contributed by atoms with van der Waals surface area (Å²) in [6, 6.07) is 6.37. The molecule has 2 rings (SSSR count). The van der Waals surface area contributed by atoms with Gasteiger partial charge in [-0.2, -0.15) is 0 Å². The summed E-state index contributed by atoms with van der Waals surface area (Å²) in [4.78, 5) is 6.98. The lowest BCUT2D eigenvalue weighted by Gasteiger charge is -2.30. The van der Waals surface area contributed by atoms with Crippen LogP contribution in [0.1, 0.15) is 44.7 Å². The maximum absolute atomic E-state index is 9.70. The summed E-state index contributed by atoms with van der Waals surface area (Å²) in [5, 5.41) is 9.70. The Morgan fingerprint density at radius 1 is 1.40 bits per heavy atom. The number of hydrogen-bond acceptors (Lipinski definition) is 4. The second kappa shape index (κ2) is 7.60. The Balaban J connectivity index is 2.05. The second-order valence-electron chi connectivity index (χ2n) is 5.73. The van der Waals surface area contributed by atoms with Gasteiger partial charge in [0, 0.05) is 18.7 Å². The number of likely N-dealkylation sites (tertiary alicyclic amines) is 1. The molecule has 2 heterocycles. The number of hydrogen-bond donors (Lipinski definition) is 1. The predicted octanol–water partition coefficient (Wildman–Crippen LogP) is 2.61. The van der Waals surface area contributed by atoms with Gasteiger partial charge in [-0.25, -0.2) is 4.98 Å². The monoisotopic (exact) mass is 278 g/mol. The van der Waals surface area contributed by atoms with Crippen LogP contribution in [0.15, 0.2) is 18.2 Å². The first-order chi connectivity index (χ1) is 9.69. The summed E-state index contributed by atoms with van der Waals surface area (Å²) in [5.74, 6) is 0.671. The van der Waals surface area contributed by atoms with Crippen molar-refractivity contribution in [2.24, 2.45) is 0 Å². The molecule has 0 spiro atoms. The average Bonchev–Trinajstić information content (AvgIpc) is 2.64. The Bertz CT molecular complexity index is 409. The molecule has 20 heavy (non-hydrogen) atoms. The SMILES string of the molecule is COc1cccc(CN2CCCCCC2CC(C)O)n1. The van der Waals surface area contributed by atoms with Crippen molar-refractivity contribution in [3.8, 4) is 5.88 Å². The van der Waals surface area contributed by atoms with Crippen LogP contribution in [0.2, 0.25) is 0 Å². The van der Waals surface area contributed by atoms with E-state index in [1.165, 1.54) is 25.7 Å². The molecule has 0 aromatic carbocycles. The highest BCUT2D eigenvalue weighted by molar-refractivity contribution is 5.15. The van der Waals surface area contributed by atoms with Crippen LogP contribution in [0.5, 0.6) is 5.88 Å². The average molecular weight is 278 g/mol. The third kappa shape index (κ3) is 4.46. The van der Waals surface area contributed by atoms with Gasteiger partial charge in [0.15, 0.2) is 0 Å². The summed E-state index contributed by atoms with van der Waals surface area (Å²) in [5.41, 5.74) is 1.04. The third-order valence-corrected chi connectivity index (χ3v) is 3.97. The van der Waals surface area contributed by atoms with Crippen LogP contribution in [0.25, 0.3) is 0 Å². The molecule has 1 aromatic rings. The first-order valence-electron chi connectivity index (χ1n) is 7.61. The smallest absolute Gasteiger partial charge is 0.213 e. The zero-order valence-electron chi connectivity index (χ0n) is 12.6. The van der Waals surface area contributed by atoms with E-state index in [0.29, 0.717) is 11.9 Å². The first-order valence-corrected chi connectivity index (χ1v) is 7.61. The van der Waals surface area contributed by atoms with Crippen molar-refractivity contribution in [2.75, 3.05) is 13.7 Å². The van der Waals surface area contributed by atoms with Crippen LogP contribution in [0.3, 0.4) is 0 Å². The summed E-state index contributed by atoms with van der Waals surface area (Å²) < 4.78 is 5.19. The van der Waals surface area contributed by atoms with Gasteiger partial charge in [0.2, 0.25) is 5.88 Å². The minimum Gasteiger partial charge on any atom is -0.481 e. The van der Waals surface area contributed by atoms with Crippen molar-refractivity contribution in [3.63, 3.8) is 0 Å². The standard InChI is InChI=1S/C16H26N2O2/c1-13(19)11-15-8-4-3-5-10-18(15)12-14-7-6-9-16(17-14)20-2/h6-7,9,13,15,19H,3-5,8,10-12H2,1-2H3. The number of nitrogens with zero attached hydrogens (tertiary/aromatic N) is 2. The van der Waals surface area contributed by atoms with Crippen LogP contribution < -0.4 is 4.74 Å². The Hall–Kier alpha value is -1.13. The Kier molecular flexibility index (Phi) is 5.80. The van der Waals surface area contributed by atoms with Crippen molar-refractivity contribution in [2.45, 2.75) is 57.7 Å². The van der Waals surface area contributed by atoms with Gasteiger partial charge in [0.05, 0.1) is 18.9 Å². The van der Waals surface area contributed by atoms with E-state index in [4.69, 9.17) is 4.74 Å². The molecule has 0 bridgehead atoms. The molecule has 1 fully saturated rings. The van der Waals surface area contributed by atoms with E-state index in [9.17, 15) is 5.11 Å². The fourth-order valence-electron chi connectivity index (χ4n) is 2.97. The molecular formula is C16H26N2O2. The summed E-state index contributed by atoms with van der Waals surface area (Å²) >= 11 is 0. The van der Waals surface area contributed by atoms with Crippen LogP contribution in [-0.2, 0) is 6.54 Å². The number of pyridine rings is 1. The van der Waals surface area contributed by atoms with Gasteiger partial charge in [-0.3, -0.25) is 4.90 Å². The van der Waals surface area contributed by atoms with E-state index >= 15 is 0 Å². The Labute approximate surface area is 121 Å². The van der Waals surface area contributed by atoms with E-state index in [2.05, 4.69) is 9.88 Å². The van der Waals surface area contributed by atoms with Crippen molar-refractivity contribution in [1.29, 1.82) is 0 Å². The molecule has 1 aliphatic rings. The minimum atomic E-state index is -0.237. The van der Waals surface area contributed by atoms with Crippen LogP contribution in [0.4, 0.5) is 0 Å². The normalized spacial score (nSPS) is 22.2. The van der Waals surface area contributed by atoms with E-state index in [1.54, 1.807) is 7.11 Å². The first kappa shape index (κ1) is 15.3. The molecule has 0 radical (unpaired) electrons. The number of aliphatic hydroxyl groups is 1. The largest absolute Gasteiger partial charge is 0.481 e. The van der Waals surface area contributed by atoms with E-state index < -0.39 is 0 Å². The lowest BCUT2D eigenvalue weighted by Crippen LogP contribution is -2.36. The van der Waals surface area contributed by atoms with Crippen LogP contribution >= 0.6 is 0 Å². The molecule has 0 aliphatic carbocycles. The van der Waals surface area contributed by atoms with Crippen LogP contribution in [0, 0.1) is 0 Å². The van der Waals surface area contributed by atoms with Gasteiger partial charge in [-0.15, -0.1) is 0 Å².